The first-order chi connectivity index (χ1) is 7.38. The van der Waals surface area contributed by atoms with Gasteiger partial charge < -0.3 is 5.11 Å². The van der Waals surface area contributed by atoms with Gasteiger partial charge in [-0.1, -0.05) is 30.3 Å². The van der Waals surface area contributed by atoms with Crippen molar-refractivity contribution < 1.29 is 5.11 Å². The number of hydrogen-bond donors (Lipinski definition) is 1. The lowest BCUT2D eigenvalue weighted by molar-refractivity contribution is 0.281. The number of rotatable bonds is 3. The first-order valence-corrected chi connectivity index (χ1v) is 4.97. The highest BCUT2D eigenvalue weighted by atomic mass is 16.3. The van der Waals surface area contributed by atoms with E-state index in [-0.39, 0.29) is 6.61 Å². The van der Waals surface area contributed by atoms with E-state index in [2.05, 4.69) is 17.1 Å². The zero-order valence-corrected chi connectivity index (χ0v) is 8.43. The second kappa shape index (κ2) is 4.71. The van der Waals surface area contributed by atoms with Crippen molar-refractivity contribution in [2.75, 3.05) is 0 Å². The monoisotopic (exact) mass is 199 g/mol. The van der Waals surface area contributed by atoms with E-state index < -0.39 is 0 Å². The topological polar surface area (TPSA) is 33.1 Å². The predicted octanol–water partition coefficient (Wildman–Crippen LogP) is 2.16. The Labute approximate surface area is 89.2 Å². The van der Waals surface area contributed by atoms with E-state index in [0.717, 1.165) is 17.7 Å². The molecule has 2 aromatic rings. The Kier molecular flexibility index (Phi) is 3.10. The highest BCUT2D eigenvalue weighted by Crippen LogP contribution is 2.08. The van der Waals surface area contributed by atoms with Crippen molar-refractivity contribution in [2.45, 2.75) is 13.0 Å². The van der Waals surface area contributed by atoms with Crippen LogP contribution in [0.4, 0.5) is 0 Å². The summed E-state index contributed by atoms with van der Waals surface area (Å²) in [7, 11) is 0. The Morgan fingerprint density at radius 2 is 1.80 bits per heavy atom. The zero-order chi connectivity index (χ0) is 10.5. The van der Waals surface area contributed by atoms with E-state index in [1.165, 1.54) is 5.56 Å². The predicted molar refractivity (Wildman–Crippen MR) is 59.4 cm³/mol. The molecule has 0 fully saturated rings. The second-order valence-corrected chi connectivity index (χ2v) is 3.48. The Bertz CT molecular complexity index is 426. The molecule has 0 aliphatic carbocycles. The molecule has 76 valence electrons. The van der Waals surface area contributed by atoms with E-state index in [9.17, 15) is 0 Å². The summed E-state index contributed by atoms with van der Waals surface area (Å²) in [6, 6.07) is 14.0. The van der Waals surface area contributed by atoms with Crippen LogP contribution in [0.3, 0.4) is 0 Å². The summed E-state index contributed by atoms with van der Waals surface area (Å²) in [6.07, 6.45) is 2.55. The van der Waals surface area contributed by atoms with Crippen molar-refractivity contribution in [3.05, 3.63) is 65.5 Å². The van der Waals surface area contributed by atoms with Gasteiger partial charge in [0.15, 0.2) is 0 Å². The molecule has 1 N–H and O–H groups in total. The van der Waals surface area contributed by atoms with Gasteiger partial charge in [0.05, 0.1) is 6.61 Å². The van der Waals surface area contributed by atoms with E-state index in [1.807, 2.05) is 30.3 Å². The molecule has 1 heterocycles. The minimum absolute atomic E-state index is 0.0737. The Morgan fingerprint density at radius 3 is 2.53 bits per heavy atom. The molecule has 0 bridgehead atoms. The summed E-state index contributed by atoms with van der Waals surface area (Å²) in [5, 5.41) is 9.00. The van der Waals surface area contributed by atoms with Crippen molar-refractivity contribution in [1.29, 1.82) is 0 Å². The lowest BCUT2D eigenvalue weighted by Crippen LogP contribution is -1.94. The maximum absolute atomic E-state index is 9.00. The molecule has 2 rings (SSSR count). The first-order valence-electron chi connectivity index (χ1n) is 4.97. The number of nitrogens with zero attached hydrogens (tertiary/aromatic N) is 1. The number of hydrogen-bond acceptors (Lipinski definition) is 2. The second-order valence-electron chi connectivity index (χ2n) is 3.48. The maximum atomic E-state index is 9.00. The van der Waals surface area contributed by atoms with Gasteiger partial charge in [-0.3, -0.25) is 4.98 Å². The smallest absolute Gasteiger partial charge is 0.0683 e. The van der Waals surface area contributed by atoms with Crippen LogP contribution in [0.1, 0.15) is 16.8 Å². The van der Waals surface area contributed by atoms with Crippen LogP contribution < -0.4 is 0 Å². The van der Waals surface area contributed by atoms with Crippen LogP contribution in [0, 0.1) is 0 Å². The van der Waals surface area contributed by atoms with Gasteiger partial charge in [0.2, 0.25) is 0 Å². The molecule has 15 heavy (non-hydrogen) atoms. The molecule has 0 radical (unpaired) electrons. The average Bonchev–Trinajstić information content (AvgIpc) is 2.31. The standard InChI is InChI=1S/C13H13NO/c15-10-12-6-7-14-13(9-12)8-11-4-2-1-3-5-11/h1-7,9,15H,8,10H2. The Balaban J connectivity index is 2.17. The van der Waals surface area contributed by atoms with Gasteiger partial charge in [0, 0.05) is 18.3 Å². The fraction of sp³-hybridized carbons (Fsp3) is 0.154. The lowest BCUT2D eigenvalue weighted by atomic mass is 10.1. The summed E-state index contributed by atoms with van der Waals surface area (Å²) in [5.41, 5.74) is 3.14. The molecule has 2 nitrogen and oxygen atoms in total. The van der Waals surface area contributed by atoms with Crippen LogP contribution in [0.5, 0.6) is 0 Å². The molecular formula is C13H13NO. The van der Waals surface area contributed by atoms with Gasteiger partial charge in [0.25, 0.3) is 0 Å². The molecule has 1 aromatic carbocycles. The third-order valence-corrected chi connectivity index (χ3v) is 2.29. The van der Waals surface area contributed by atoms with Crippen molar-refractivity contribution in [2.24, 2.45) is 0 Å². The molecule has 0 aliphatic rings. The van der Waals surface area contributed by atoms with Crippen LogP contribution in [0.25, 0.3) is 0 Å². The van der Waals surface area contributed by atoms with E-state index in [0.29, 0.717) is 0 Å². The molecule has 0 aliphatic heterocycles. The zero-order valence-electron chi connectivity index (χ0n) is 8.43. The molecule has 1 aromatic heterocycles. The first kappa shape index (κ1) is 9.87. The van der Waals surface area contributed by atoms with Gasteiger partial charge in [-0.25, -0.2) is 0 Å². The Morgan fingerprint density at radius 1 is 1.00 bits per heavy atom. The quantitative estimate of drug-likeness (QED) is 0.821. The van der Waals surface area contributed by atoms with Gasteiger partial charge in [0.1, 0.15) is 0 Å². The largest absolute Gasteiger partial charge is 0.392 e. The fourth-order valence-corrected chi connectivity index (χ4v) is 1.53. The average molecular weight is 199 g/mol. The summed E-state index contributed by atoms with van der Waals surface area (Å²) in [4.78, 5) is 4.27. The van der Waals surface area contributed by atoms with Crippen molar-refractivity contribution in [1.82, 2.24) is 4.98 Å². The minimum Gasteiger partial charge on any atom is -0.392 e. The number of benzene rings is 1. The molecule has 0 amide bonds. The number of aliphatic hydroxyl groups is 1. The van der Waals surface area contributed by atoms with Gasteiger partial charge in [-0.05, 0) is 23.3 Å². The van der Waals surface area contributed by atoms with Crippen LogP contribution in [-0.2, 0) is 13.0 Å². The van der Waals surface area contributed by atoms with E-state index >= 15 is 0 Å². The molecule has 0 saturated carbocycles. The Hall–Kier alpha value is -1.67. The lowest BCUT2D eigenvalue weighted by Gasteiger charge is -2.02. The summed E-state index contributed by atoms with van der Waals surface area (Å²) in [6.45, 7) is 0.0737. The van der Waals surface area contributed by atoms with E-state index in [4.69, 9.17) is 5.11 Å². The van der Waals surface area contributed by atoms with Crippen LogP contribution in [-0.4, -0.2) is 10.1 Å². The minimum atomic E-state index is 0.0737. The molecule has 0 atom stereocenters. The summed E-state index contributed by atoms with van der Waals surface area (Å²) >= 11 is 0. The van der Waals surface area contributed by atoms with Gasteiger partial charge in [-0.15, -0.1) is 0 Å². The van der Waals surface area contributed by atoms with Crippen LogP contribution in [0.15, 0.2) is 48.7 Å². The molecule has 2 heteroatoms. The fourth-order valence-electron chi connectivity index (χ4n) is 1.53. The van der Waals surface area contributed by atoms with Crippen LogP contribution in [0.2, 0.25) is 0 Å². The van der Waals surface area contributed by atoms with Gasteiger partial charge >= 0.3 is 0 Å². The SMILES string of the molecule is OCc1ccnc(Cc2ccccc2)c1. The summed E-state index contributed by atoms with van der Waals surface area (Å²) in [5.74, 6) is 0. The number of aromatic nitrogens is 1. The molecule has 0 saturated heterocycles. The third-order valence-electron chi connectivity index (χ3n) is 2.29. The van der Waals surface area contributed by atoms with Gasteiger partial charge in [-0.2, -0.15) is 0 Å². The highest BCUT2D eigenvalue weighted by Gasteiger charge is 1.98. The molecular weight excluding hydrogens is 186 g/mol. The number of aliphatic hydroxyl groups excluding tert-OH is 1. The maximum Gasteiger partial charge on any atom is 0.0683 e. The van der Waals surface area contributed by atoms with Crippen molar-refractivity contribution in [3.8, 4) is 0 Å². The van der Waals surface area contributed by atoms with Crippen molar-refractivity contribution >= 4 is 0 Å². The number of pyridine rings is 1. The highest BCUT2D eigenvalue weighted by molar-refractivity contribution is 5.24. The molecule has 0 unspecified atom stereocenters. The normalized spacial score (nSPS) is 10.2. The van der Waals surface area contributed by atoms with Crippen molar-refractivity contribution in [3.63, 3.8) is 0 Å². The van der Waals surface area contributed by atoms with E-state index in [1.54, 1.807) is 6.20 Å². The third kappa shape index (κ3) is 2.64. The molecule has 0 spiro atoms. The van der Waals surface area contributed by atoms with Crippen LogP contribution >= 0.6 is 0 Å². The summed E-state index contributed by atoms with van der Waals surface area (Å²) < 4.78 is 0.